The van der Waals surface area contributed by atoms with Crippen LogP contribution in [0.5, 0.6) is 0 Å². The molecule has 1 aliphatic heterocycles. The third-order valence-electron chi connectivity index (χ3n) is 2.97. The highest BCUT2D eigenvalue weighted by Gasteiger charge is 2.29. The minimum absolute atomic E-state index is 0.00324. The van der Waals surface area contributed by atoms with Crippen LogP contribution in [0.2, 0.25) is 0 Å². The molecule has 1 saturated heterocycles. The van der Waals surface area contributed by atoms with Crippen molar-refractivity contribution in [1.82, 2.24) is 10.3 Å². The van der Waals surface area contributed by atoms with Gasteiger partial charge in [0.05, 0.1) is 11.9 Å². The van der Waals surface area contributed by atoms with Crippen LogP contribution in [-0.4, -0.2) is 36.3 Å². The minimum atomic E-state index is -4.56. The molecule has 0 aliphatic carbocycles. The largest absolute Gasteiger partial charge is 0.440 e. The van der Waals surface area contributed by atoms with Crippen LogP contribution in [0.25, 0.3) is 0 Å². The lowest BCUT2D eigenvalue weighted by molar-refractivity contribution is -0.160. The fraction of sp³-hybridized carbons (Fsp3) is 0.462. The first-order chi connectivity index (χ1) is 10.3. The summed E-state index contributed by atoms with van der Waals surface area (Å²) in [5, 5.41) is 2.20. The Labute approximate surface area is 124 Å². The summed E-state index contributed by atoms with van der Waals surface area (Å²) in [4.78, 5) is 28.3. The number of alkyl halides is 3. The lowest BCUT2D eigenvalue weighted by atomic mass is 10.2. The standard InChI is InChI=1S/C13H14F3N3O3/c14-13(15,16)8-22-12(21)18-6-9-4-10(7-17-5-9)19-3-1-2-11(19)20/h4-5,7H,1-3,6,8H2,(H,18,21). The lowest BCUT2D eigenvalue weighted by Crippen LogP contribution is -2.29. The summed E-state index contributed by atoms with van der Waals surface area (Å²) in [6.07, 6.45) is -1.50. The number of pyridine rings is 1. The van der Waals surface area contributed by atoms with Gasteiger partial charge in [-0.25, -0.2) is 4.79 Å². The predicted molar refractivity (Wildman–Crippen MR) is 70.1 cm³/mol. The van der Waals surface area contributed by atoms with Gasteiger partial charge in [0.15, 0.2) is 6.61 Å². The molecule has 0 radical (unpaired) electrons. The minimum Gasteiger partial charge on any atom is -0.440 e. The number of hydrogen-bond acceptors (Lipinski definition) is 4. The molecule has 0 bridgehead atoms. The van der Waals surface area contributed by atoms with E-state index in [4.69, 9.17) is 0 Å². The molecule has 120 valence electrons. The molecule has 0 saturated carbocycles. The summed E-state index contributed by atoms with van der Waals surface area (Å²) in [7, 11) is 0. The summed E-state index contributed by atoms with van der Waals surface area (Å²) in [5.74, 6) is -0.00324. The highest BCUT2D eigenvalue weighted by atomic mass is 19.4. The third-order valence-corrected chi connectivity index (χ3v) is 2.97. The molecule has 1 aromatic rings. The molecule has 1 fully saturated rings. The second kappa shape index (κ2) is 6.63. The third kappa shape index (κ3) is 4.61. The maximum atomic E-state index is 11.9. The van der Waals surface area contributed by atoms with Crippen LogP contribution in [0.15, 0.2) is 18.5 Å². The summed E-state index contributed by atoms with van der Waals surface area (Å²) >= 11 is 0. The summed E-state index contributed by atoms with van der Waals surface area (Å²) in [6, 6.07) is 1.65. The van der Waals surface area contributed by atoms with E-state index < -0.39 is 18.9 Å². The zero-order valence-corrected chi connectivity index (χ0v) is 11.5. The Hall–Kier alpha value is -2.32. The fourth-order valence-corrected chi connectivity index (χ4v) is 2.01. The van der Waals surface area contributed by atoms with Crippen LogP contribution >= 0.6 is 0 Å². The van der Waals surface area contributed by atoms with Gasteiger partial charge in [0.2, 0.25) is 5.91 Å². The van der Waals surface area contributed by atoms with E-state index in [1.807, 2.05) is 0 Å². The van der Waals surface area contributed by atoms with Crippen molar-refractivity contribution in [2.45, 2.75) is 25.6 Å². The number of halogens is 3. The van der Waals surface area contributed by atoms with Gasteiger partial charge in [0.1, 0.15) is 0 Å². The number of carbonyl (C=O) groups is 2. The average molecular weight is 317 g/mol. The zero-order chi connectivity index (χ0) is 16.2. The second-order valence-electron chi connectivity index (χ2n) is 4.75. The Kier molecular flexibility index (Phi) is 4.84. The number of hydrogen-bond donors (Lipinski definition) is 1. The van der Waals surface area contributed by atoms with Gasteiger partial charge in [-0.15, -0.1) is 0 Å². The summed E-state index contributed by atoms with van der Waals surface area (Å²) < 4.78 is 39.7. The molecule has 1 N–H and O–H groups in total. The Morgan fingerprint density at radius 3 is 2.82 bits per heavy atom. The van der Waals surface area contributed by atoms with E-state index in [-0.39, 0.29) is 12.5 Å². The van der Waals surface area contributed by atoms with Crippen LogP contribution in [0.3, 0.4) is 0 Å². The molecule has 2 amide bonds. The highest BCUT2D eigenvalue weighted by molar-refractivity contribution is 5.95. The fourth-order valence-electron chi connectivity index (χ4n) is 2.01. The number of alkyl carbamates (subject to hydrolysis) is 1. The number of nitrogens with one attached hydrogen (secondary N) is 1. The molecular weight excluding hydrogens is 303 g/mol. The normalized spacial score (nSPS) is 15.0. The van der Waals surface area contributed by atoms with Crippen molar-refractivity contribution in [3.8, 4) is 0 Å². The first kappa shape index (κ1) is 16.1. The number of nitrogens with zero attached hydrogens (tertiary/aromatic N) is 2. The molecule has 0 unspecified atom stereocenters. The maximum Gasteiger partial charge on any atom is 0.422 e. The van der Waals surface area contributed by atoms with Gasteiger partial charge < -0.3 is 15.0 Å². The van der Waals surface area contributed by atoms with E-state index in [1.54, 1.807) is 11.0 Å². The predicted octanol–water partition coefficient (Wildman–Crippen LogP) is 2.00. The first-order valence-corrected chi connectivity index (χ1v) is 6.57. The van der Waals surface area contributed by atoms with Gasteiger partial charge in [-0.2, -0.15) is 13.2 Å². The number of rotatable bonds is 4. The second-order valence-corrected chi connectivity index (χ2v) is 4.75. The van der Waals surface area contributed by atoms with Crippen molar-refractivity contribution in [3.05, 3.63) is 24.0 Å². The lowest BCUT2D eigenvalue weighted by Gasteiger charge is -2.16. The first-order valence-electron chi connectivity index (χ1n) is 6.57. The van der Waals surface area contributed by atoms with Gasteiger partial charge in [-0.1, -0.05) is 0 Å². The Morgan fingerprint density at radius 2 is 2.18 bits per heavy atom. The van der Waals surface area contributed by atoms with E-state index in [2.05, 4.69) is 15.0 Å². The van der Waals surface area contributed by atoms with E-state index >= 15 is 0 Å². The number of amides is 2. The number of ether oxygens (including phenoxy) is 1. The number of aromatic nitrogens is 1. The molecule has 2 heterocycles. The van der Waals surface area contributed by atoms with Gasteiger partial charge in [-0.3, -0.25) is 9.78 Å². The molecule has 0 spiro atoms. The van der Waals surface area contributed by atoms with Gasteiger partial charge in [0.25, 0.3) is 0 Å². The molecule has 1 aliphatic rings. The van der Waals surface area contributed by atoms with E-state index in [9.17, 15) is 22.8 Å². The van der Waals surface area contributed by atoms with Crippen molar-refractivity contribution in [1.29, 1.82) is 0 Å². The number of anilines is 1. The molecule has 1 aromatic heterocycles. The summed E-state index contributed by atoms with van der Waals surface area (Å²) in [5.41, 5.74) is 1.16. The quantitative estimate of drug-likeness (QED) is 0.922. The maximum absolute atomic E-state index is 11.9. The zero-order valence-electron chi connectivity index (χ0n) is 11.5. The molecule has 9 heteroatoms. The van der Waals surface area contributed by atoms with E-state index in [0.717, 1.165) is 6.42 Å². The SMILES string of the molecule is O=C(NCc1cncc(N2CCCC2=O)c1)OCC(F)(F)F. The highest BCUT2D eigenvalue weighted by Crippen LogP contribution is 2.21. The number of carbonyl (C=O) groups excluding carboxylic acids is 2. The van der Waals surface area contributed by atoms with E-state index in [0.29, 0.717) is 24.2 Å². The molecule has 6 nitrogen and oxygen atoms in total. The van der Waals surface area contributed by atoms with Crippen molar-refractivity contribution in [2.24, 2.45) is 0 Å². The van der Waals surface area contributed by atoms with Gasteiger partial charge in [0, 0.05) is 25.7 Å². The van der Waals surface area contributed by atoms with Gasteiger partial charge >= 0.3 is 12.3 Å². The van der Waals surface area contributed by atoms with Gasteiger partial charge in [-0.05, 0) is 18.1 Å². The Morgan fingerprint density at radius 1 is 1.41 bits per heavy atom. The van der Waals surface area contributed by atoms with Crippen molar-refractivity contribution < 1.29 is 27.5 Å². The smallest absolute Gasteiger partial charge is 0.422 e. The Balaban J connectivity index is 1.88. The molecule has 0 atom stereocenters. The monoisotopic (exact) mass is 317 g/mol. The van der Waals surface area contributed by atoms with Crippen molar-refractivity contribution >= 4 is 17.7 Å². The van der Waals surface area contributed by atoms with Crippen LogP contribution in [0.1, 0.15) is 18.4 Å². The molecule has 0 aromatic carbocycles. The van der Waals surface area contributed by atoms with E-state index in [1.165, 1.54) is 12.4 Å². The van der Waals surface area contributed by atoms with Crippen LogP contribution in [-0.2, 0) is 16.1 Å². The van der Waals surface area contributed by atoms with Crippen molar-refractivity contribution in [2.75, 3.05) is 18.1 Å². The average Bonchev–Trinajstić information content (AvgIpc) is 2.89. The van der Waals surface area contributed by atoms with Crippen LogP contribution in [0.4, 0.5) is 23.7 Å². The molecular formula is C13H14F3N3O3. The van der Waals surface area contributed by atoms with Crippen LogP contribution in [0, 0.1) is 0 Å². The molecule has 2 rings (SSSR count). The Bertz CT molecular complexity index is 563. The van der Waals surface area contributed by atoms with Crippen molar-refractivity contribution in [3.63, 3.8) is 0 Å². The molecule has 22 heavy (non-hydrogen) atoms. The topological polar surface area (TPSA) is 71.5 Å². The summed E-state index contributed by atoms with van der Waals surface area (Å²) in [6.45, 7) is -1.08. The van der Waals surface area contributed by atoms with Crippen LogP contribution < -0.4 is 10.2 Å².